The maximum atomic E-state index is 11.1. The molecule has 0 aromatic carbocycles. The van der Waals surface area contributed by atoms with Crippen molar-refractivity contribution in [3.8, 4) is 0 Å². The first-order valence-corrected chi connectivity index (χ1v) is 5.95. The number of likely N-dealkylation sites (tertiary alicyclic amines) is 1. The summed E-state index contributed by atoms with van der Waals surface area (Å²) in [6.45, 7) is 3.19. The third kappa shape index (κ3) is 3.18. The molecule has 2 fully saturated rings. The summed E-state index contributed by atoms with van der Waals surface area (Å²) >= 11 is 0. The topological polar surface area (TPSA) is 44.4 Å². The standard InChI is InChI=1S/C11H21N3O/c1-14-5-2-3-9(4-6-14)13-10-7-11(15)12-8-10/h9-10,13H,2-8H2,1H3,(H,12,15). The molecule has 0 aromatic heterocycles. The molecule has 2 saturated heterocycles. The van der Waals surface area contributed by atoms with Crippen LogP contribution in [0.1, 0.15) is 25.7 Å². The fourth-order valence-electron chi connectivity index (χ4n) is 2.46. The summed E-state index contributed by atoms with van der Waals surface area (Å²) in [4.78, 5) is 13.4. The molecule has 2 rings (SSSR count). The van der Waals surface area contributed by atoms with Gasteiger partial charge in [-0.05, 0) is 39.4 Å². The molecule has 2 unspecified atom stereocenters. The number of amides is 1. The van der Waals surface area contributed by atoms with Crippen LogP contribution in [0.5, 0.6) is 0 Å². The molecule has 0 aromatic rings. The van der Waals surface area contributed by atoms with E-state index in [-0.39, 0.29) is 5.91 Å². The number of carbonyl (C=O) groups is 1. The van der Waals surface area contributed by atoms with E-state index in [2.05, 4.69) is 22.6 Å². The molecular weight excluding hydrogens is 190 g/mol. The van der Waals surface area contributed by atoms with Gasteiger partial charge in [-0.25, -0.2) is 0 Å². The summed E-state index contributed by atoms with van der Waals surface area (Å²) in [6, 6.07) is 0.971. The highest BCUT2D eigenvalue weighted by molar-refractivity contribution is 5.78. The summed E-state index contributed by atoms with van der Waals surface area (Å²) in [7, 11) is 2.18. The van der Waals surface area contributed by atoms with E-state index in [9.17, 15) is 4.79 Å². The van der Waals surface area contributed by atoms with E-state index in [1.54, 1.807) is 0 Å². The zero-order valence-corrected chi connectivity index (χ0v) is 9.46. The molecule has 4 heteroatoms. The Morgan fingerprint density at radius 3 is 2.93 bits per heavy atom. The number of nitrogens with one attached hydrogen (secondary N) is 2. The molecule has 86 valence electrons. The lowest BCUT2D eigenvalue weighted by Crippen LogP contribution is -2.40. The van der Waals surface area contributed by atoms with Crippen molar-refractivity contribution in [3.05, 3.63) is 0 Å². The zero-order chi connectivity index (χ0) is 10.7. The minimum atomic E-state index is 0.193. The van der Waals surface area contributed by atoms with Gasteiger partial charge in [0.25, 0.3) is 0 Å². The smallest absolute Gasteiger partial charge is 0.221 e. The van der Waals surface area contributed by atoms with E-state index in [1.165, 1.54) is 32.4 Å². The van der Waals surface area contributed by atoms with Crippen molar-refractivity contribution in [3.63, 3.8) is 0 Å². The van der Waals surface area contributed by atoms with Crippen LogP contribution in [0.15, 0.2) is 0 Å². The van der Waals surface area contributed by atoms with Gasteiger partial charge in [0.1, 0.15) is 0 Å². The largest absolute Gasteiger partial charge is 0.354 e. The van der Waals surface area contributed by atoms with Crippen LogP contribution in [0.3, 0.4) is 0 Å². The van der Waals surface area contributed by atoms with Crippen molar-refractivity contribution in [2.75, 3.05) is 26.7 Å². The second-order valence-corrected chi connectivity index (χ2v) is 4.80. The first-order chi connectivity index (χ1) is 7.24. The molecule has 0 saturated carbocycles. The second kappa shape index (κ2) is 4.94. The maximum absolute atomic E-state index is 11.1. The molecule has 2 N–H and O–H groups in total. The predicted octanol–water partition coefficient (Wildman–Crippen LogP) is -0.0512. The monoisotopic (exact) mass is 211 g/mol. The number of hydrogen-bond donors (Lipinski definition) is 2. The average Bonchev–Trinajstić information content (AvgIpc) is 2.48. The fraction of sp³-hybridized carbons (Fsp3) is 0.909. The highest BCUT2D eigenvalue weighted by atomic mass is 16.1. The Labute approximate surface area is 91.4 Å². The lowest BCUT2D eigenvalue weighted by molar-refractivity contribution is -0.119. The molecule has 2 heterocycles. The van der Waals surface area contributed by atoms with Crippen molar-refractivity contribution in [1.82, 2.24) is 15.5 Å². The molecule has 15 heavy (non-hydrogen) atoms. The van der Waals surface area contributed by atoms with Gasteiger partial charge in [0, 0.05) is 25.0 Å². The third-order valence-corrected chi connectivity index (χ3v) is 3.40. The van der Waals surface area contributed by atoms with Gasteiger partial charge < -0.3 is 15.5 Å². The molecule has 0 aliphatic carbocycles. The first-order valence-electron chi connectivity index (χ1n) is 5.95. The molecule has 1 amide bonds. The highest BCUT2D eigenvalue weighted by Crippen LogP contribution is 2.12. The normalized spacial score (nSPS) is 33.8. The molecule has 2 aliphatic heterocycles. The quantitative estimate of drug-likeness (QED) is 0.673. The maximum Gasteiger partial charge on any atom is 0.221 e. The molecule has 0 spiro atoms. The Hall–Kier alpha value is -0.610. The minimum Gasteiger partial charge on any atom is -0.354 e. The van der Waals surface area contributed by atoms with Gasteiger partial charge in [-0.1, -0.05) is 0 Å². The number of carbonyl (C=O) groups excluding carboxylic acids is 1. The molecule has 0 radical (unpaired) electrons. The van der Waals surface area contributed by atoms with Gasteiger partial charge in [-0.15, -0.1) is 0 Å². The summed E-state index contributed by atoms with van der Waals surface area (Å²) in [5, 5.41) is 6.47. The number of hydrogen-bond acceptors (Lipinski definition) is 3. The van der Waals surface area contributed by atoms with Gasteiger partial charge in [0.15, 0.2) is 0 Å². The van der Waals surface area contributed by atoms with Crippen molar-refractivity contribution >= 4 is 5.91 Å². The highest BCUT2D eigenvalue weighted by Gasteiger charge is 2.24. The molecule has 2 atom stereocenters. The minimum absolute atomic E-state index is 0.193. The average molecular weight is 211 g/mol. The van der Waals surface area contributed by atoms with E-state index in [4.69, 9.17) is 0 Å². The van der Waals surface area contributed by atoms with Crippen molar-refractivity contribution in [2.24, 2.45) is 0 Å². The van der Waals surface area contributed by atoms with E-state index < -0.39 is 0 Å². The van der Waals surface area contributed by atoms with Gasteiger partial charge >= 0.3 is 0 Å². The summed E-state index contributed by atoms with van der Waals surface area (Å²) in [5.41, 5.74) is 0. The Balaban J connectivity index is 1.76. The first kappa shape index (κ1) is 10.9. The molecule has 0 bridgehead atoms. The fourth-order valence-corrected chi connectivity index (χ4v) is 2.46. The summed E-state index contributed by atoms with van der Waals surface area (Å²) < 4.78 is 0. The van der Waals surface area contributed by atoms with Crippen LogP contribution in [-0.2, 0) is 4.79 Å². The van der Waals surface area contributed by atoms with E-state index >= 15 is 0 Å². The van der Waals surface area contributed by atoms with Gasteiger partial charge in [0.05, 0.1) is 0 Å². The van der Waals surface area contributed by atoms with Crippen LogP contribution in [0.4, 0.5) is 0 Å². The summed E-state index contributed by atoms with van der Waals surface area (Å²) in [6.07, 6.45) is 4.38. The molecule has 4 nitrogen and oxygen atoms in total. The Bertz CT molecular complexity index is 232. The lowest BCUT2D eigenvalue weighted by atomic mass is 10.1. The van der Waals surface area contributed by atoms with Crippen molar-refractivity contribution in [1.29, 1.82) is 0 Å². The second-order valence-electron chi connectivity index (χ2n) is 4.80. The van der Waals surface area contributed by atoms with Gasteiger partial charge in [0.2, 0.25) is 5.91 Å². The van der Waals surface area contributed by atoms with Gasteiger partial charge in [-0.2, -0.15) is 0 Å². The molecular formula is C11H21N3O. The zero-order valence-electron chi connectivity index (χ0n) is 9.46. The lowest BCUT2D eigenvalue weighted by Gasteiger charge is -2.20. The van der Waals surface area contributed by atoms with Crippen LogP contribution >= 0.6 is 0 Å². The Kier molecular flexibility index (Phi) is 3.59. The van der Waals surface area contributed by atoms with E-state index in [1.807, 2.05) is 0 Å². The van der Waals surface area contributed by atoms with Crippen LogP contribution in [0, 0.1) is 0 Å². The number of nitrogens with zero attached hydrogens (tertiary/aromatic N) is 1. The summed E-state index contributed by atoms with van der Waals surface area (Å²) in [5.74, 6) is 0.193. The van der Waals surface area contributed by atoms with E-state index in [0.29, 0.717) is 18.5 Å². The van der Waals surface area contributed by atoms with Crippen molar-refractivity contribution in [2.45, 2.75) is 37.8 Å². The number of rotatable bonds is 2. The predicted molar refractivity (Wildman–Crippen MR) is 59.7 cm³/mol. The van der Waals surface area contributed by atoms with Crippen LogP contribution in [0.2, 0.25) is 0 Å². The van der Waals surface area contributed by atoms with Crippen LogP contribution < -0.4 is 10.6 Å². The molecule has 2 aliphatic rings. The third-order valence-electron chi connectivity index (χ3n) is 3.40. The van der Waals surface area contributed by atoms with Crippen molar-refractivity contribution < 1.29 is 4.79 Å². The van der Waals surface area contributed by atoms with Crippen LogP contribution in [-0.4, -0.2) is 49.6 Å². The Morgan fingerprint density at radius 1 is 1.33 bits per heavy atom. The SMILES string of the molecule is CN1CCCC(NC2CNC(=O)C2)CC1. The van der Waals surface area contributed by atoms with Gasteiger partial charge in [-0.3, -0.25) is 4.79 Å². The van der Waals surface area contributed by atoms with E-state index in [0.717, 1.165) is 6.54 Å². The van der Waals surface area contributed by atoms with Crippen LogP contribution in [0.25, 0.3) is 0 Å². The Morgan fingerprint density at radius 2 is 2.20 bits per heavy atom.